The fraction of sp³-hybridized carbons (Fsp3) is 0.444. The molecule has 1 aromatic heterocycles. The number of aromatic nitrogens is 2. The molecule has 0 aliphatic carbocycles. The number of H-pyrrole nitrogens is 1. The van der Waals surface area contributed by atoms with Crippen molar-refractivity contribution in [3.63, 3.8) is 0 Å². The number of anilines is 1. The summed E-state index contributed by atoms with van der Waals surface area (Å²) < 4.78 is 0. The molecule has 0 saturated heterocycles. The molecule has 1 aromatic rings. The van der Waals surface area contributed by atoms with Crippen molar-refractivity contribution in [2.24, 2.45) is 5.73 Å². The highest BCUT2D eigenvalue weighted by atomic mass is 16.2. The van der Waals surface area contributed by atoms with Gasteiger partial charge in [-0.2, -0.15) is 5.10 Å². The number of nitrogens with two attached hydrogens (primary N) is 2. The van der Waals surface area contributed by atoms with Crippen LogP contribution in [0.2, 0.25) is 0 Å². The summed E-state index contributed by atoms with van der Waals surface area (Å²) in [5.74, 6) is -0.894. The van der Waals surface area contributed by atoms with Crippen LogP contribution in [0.1, 0.15) is 29.5 Å². The molecule has 6 N–H and O–H groups in total. The molecule has 1 unspecified atom stereocenters. The van der Waals surface area contributed by atoms with E-state index in [0.29, 0.717) is 11.4 Å². The van der Waals surface area contributed by atoms with Gasteiger partial charge in [0.05, 0.1) is 11.4 Å². The molecule has 0 aliphatic rings. The van der Waals surface area contributed by atoms with Crippen molar-refractivity contribution >= 4 is 17.5 Å². The second kappa shape index (κ2) is 4.65. The average Bonchev–Trinajstić information content (AvgIpc) is 2.45. The number of rotatable bonds is 4. The molecule has 16 heavy (non-hydrogen) atoms. The molecule has 0 radical (unpaired) electrons. The largest absolute Gasteiger partial charge is 0.395 e. The fourth-order valence-electron chi connectivity index (χ4n) is 1.26. The first-order valence-corrected chi connectivity index (χ1v) is 4.81. The third-order valence-electron chi connectivity index (χ3n) is 2.09. The molecule has 0 aliphatic heterocycles. The van der Waals surface area contributed by atoms with Gasteiger partial charge in [0.15, 0.2) is 5.69 Å². The number of nitrogen functional groups attached to an aromatic ring is 1. The zero-order valence-corrected chi connectivity index (χ0v) is 9.20. The summed E-state index contributed by atoms with van der Waals surface area (Å²) in [6, 6.07) is -0.346. The van der Waals surface area contributed by atoms with Crippen LogP contribution in [0.5, 0.6) is 0 Å². The van der Waals surface area contributed by atoms with Crippen molar-refractivity contribution in [3.8, 4) is 0 Å². The molecule has 0 saturated carbocycles. The lowest BCUT2D eigenvalue weighted by Gasteiger charge is -2.10. The first kappa shape index (κ1) is 12.0. The molecule has 0 fully saturated rings. The second-order valence-electron chi connectivity index (χ2n) is 3.66. The Bertz CT molecular complexity index is 412. The van der Waals surface area contributed by atoms with Crippen molar-refractivity contribution in [2.45, 2.75) is 26.3 Å². The molecule has 88 valence electrons. The monoisotopic (exact) mass is 225 g/mol. The summed E-state index contributed by atoms with van der Waals surface area (Å²) in [7, 11) is 0. The first-order chi connectivity index (χ1) is 7.41. The number of nitrogens with zero attached hydrogens (tertiary/aromatic N) is 1. The lowest BCUT2D eigenvalue weighted by molar-refractivity contribution is -0.118. The third-order valence-corrected chi connectivity index (χ3v) is 2.09. The van der Waals surface area contributed by atoms with Gasteiger partial charge in [0.25, 0.3) is 5.91 Å². The van der Waals surface area contributed by atoms with E-state index in [1.54, 1.807) is 13.8 Å². The van der Waals surface area contributed by atoms with E-state index in [1.807, 2.05) is 0 Å². The predicted molar refractivity (Wildman–Crippen MR) is 58.5 cm³/mol. The molecular formula is C9H15N5O2. The van der Waals surface area contributed by atoms with Crippen LogP contribution in [0.4, 0.5) is 5.69 Å². The minimum absolute atomic E-state index is 0.0784. The van der Waals surface area contributed by atoms with Gasteiger partial charge in [-0.25, -0.2) is 0 Å². The van der Waals surface area contributed by atoms with Gasteiger partial charge in [0.1, 0.15) is 0 Å². The predicted octanol–water partition coefficient (Wildman–Crippen LogP) is -0.706. The zero-order chi connectivity index (χ0) is 12.3. The number of nitrogens with one attached hydrogen (secondary N) is 2. The van der Waals surface area contributed by atoms with Gasteiger partial charge in [-0.15, -0.1) is 0 Å². The van der Waals surface area contributed by atoms with Gasteiger partial charge in [-0.1, -0.05) is 0 Å². The van der Waals surface area contributed by atoms with Crippen LogP contribution < -0.4 is 16.8 Å². The van der Waals surface area contributed by atoms with Crippen molar-refractivity contribution in [2.75, 3.05) is 5.73 Å². The summed E-state index contributed by atoms with van der Waals surface area (Å²) in [4.78, 5) is 22.3. The molecule has 0 bridgehead atoms. The number of amides is 2. The lowest BCUT2D eigenvalue weighted by atomic mass is 10.2. The summed E-state index contributed by atoms with van der Waals surface area (Å²) >= 11 is 0. The zero-order valence-electron chi connectivity index (χ0n) is 9.20. The normalized spacial score (nSPS) is 12.1. The standard InChI is InChI=1S/C9H15N5O2/c1-4(3-6(10)15)12-9(16)8-7(11)5(2)13-14-8/h4H,3,11H2,1-2H3,(H2,10,15)(H,12,16)(H,13,14). The van der Waals surface area contributed by atoms with E-state index in [-0.39, 0.29) is 18.2 Å². The number of aromatic amines is 1. The Morgan fingerprint density at radius 3 is 2.62 bits per heavy atom. The minimum Gasteiger partial charge on any atom is -0.395 e. The molecule has 2 amide bonds. The van der Waals surface area contributed by atoms with Crippen molar-refractivity contribution < 1.29 is 9.59 Å². The third kappa shape index (κ3) is 2.72. The van der Waals surface area contributed by atoms with Crippen LogP contribution >= 0.6 is 0 Å². The maximum atomic E-state index is 11.6. The summed E-state index contributed by atoms with van der Waals surface area (Å²) in [5.41, 5.74) is 11.7. The Morgan fingerprint density at radius 2 is 2.19 bits per heavy atom. The number of aryl methyl sites for hydroxylation is 1. The van der Waals surface area contributed by atoms with Crippen molar-refractivity contribution in [3.05, 3.63) is 11.4 Å². The molecule has 1 rings (SSSR count). The SMILES string of the molecule is Cc1[nH]nc(C(=O)NC(C)CC(N)=O)c1N. The van der Waals surface area contributed by atoms with Crippen LogP contribution in [0, 0.1) is 6.92 Å². The molecule has 0 aromatic carbocycles. The Labute approximate surface area is 92.6 Å². The molecule has 7 heteroatoms. The van der Waals surface area contributed by atoms with Gasteiger partial charge < -0.3 is 16.8 Å². The lowest BCUT2D eigenvalue weighted by Crippen LogP contribution is -2.36. The van der Waals surface area contributed by atoms with E-state index >= 15 is 0 Å². The first-order valence-electron chi connectivity index (χ1n) is 4.81. The van der Waals surface area contributed by atoms with E-state index in [1.165, 1.54) is 0 Å². The van der Waals surface area contributed by atoms with Crippen LogP contribution in [-0.4, -0.2) is 28.1 Å². The van der Waals surface area contributed by atoms with E-state index < -0.39 is 11.8 Å². The van der Waals surface area contributed by atoms with Crippen LogP contribution in [0.3, 0.4) is 0 Å². The summed E-state index contributed by atoms with van der Waals surface area (Å²) in [6.45, 7) is 3.39. The maximum Gasteiger partial charge on any atom is 0.274 e. The van der Waals surface area contributed by atoms with Crippen molar-refractivity contribution in [1.82, 2.24) is 15.5 Å². The number of hydrogen-bond donors (Lipinski definition) is 4. The smallest absolute Gasteiger partial charge is 0.274 e. The molecule has 7 nitrogen and oxygen atoms in total. The van der Waals surface area contributed by atoms with Gasteiger partial charge in [-0.05, 0) is 13.8 Å². The molecule has 1 atom stereocenters. The fourth-order valence-corrected chi connectivity index (χ4v) is 1.26. The number of carbonyl (C=O) groups excluding carboxylic acids is 2. The van der Waals surface area contributed by atoms with Gasteiger partial charge in [0.2, 0.25) is 5.91 Å². The minimum atomic E-state index is -0.473. The topological polar surface area (TPSA) is 127 Å². The van der Waals surface area contributed by atoms with Gasteiger partial charge >= 0.3 is 0 Å². The van der Waals surface area contributed by atoms with E-state index in [4.69, 9.17) is 11.5 Å². The summed E-state index contributed by atoms with van der Waals surface area (Å²) in [6.07, 6.45) is 0.0784. The Kier molecular flexibility index (Phi) is 3.49. The van der Waals surface area contributed by atoms with Crippen LogP contribution in [0.25, 0.3) is 0 Å². The number of hydrogen-bond acceptors (Lipinski definition) is 4. The molecule has 0 spiro atoms. The average molecular weight is 225 g/mol. The van der Waals surface area contributed by atoms with Gasteiger partial charge in [0, 0.05) is 12.5 Å². The molecule has 1 heterocycles. The summed E-state index contributed by atoms with van der Waals surface area (Å²) in [5, 5.41) is 8.95. The van der Waals surface area contributed by atoms with E-state index in [0.717, 1.165) is 0 Å². The number of carbonyl (C=O) groups is 2. The molecular weight excluding hydrogens is 210 g/mol. The quantitative estimate of drug-likeness (QED) is 0.540. The highest BCUT2D eigenvalue weighted by Crippen LogP contribution is 2.12. The highest BCUT2D eigenvalue weighted by Gasteiger charge is 2.17. The Morgan fingerprint density at radius 1 is 1.56 bits per heavy atom. The highest BCUT2D eigenvalue weighted by molar-refractivity contribution is 5.97. The van der Waals surface area contributed by atoms with Crippen LogP contribution in [-0.2, 0) is 4.79 Å². The van der Waals surface area contributed by atoms with Crippen LogP contribution in [0.15, 0.2) is 0 Å². The van der Waals surface area contributed by atoms with E-state index in [9.17, 15) is 9.59 Å². The van der Waals surface area contributed by atoms with Crippen molar-refractivity contribution in [1.29, 1.82) is 0 Å². The Balaban J connectivity index is 2.66. The number of primary amides is 1. The second-order valence-corrected chi connectivity index (χ2v) is 3.66. The van der Waals surface area contributed by atoms with Gasteiger partial charge in [-0.3, -0.25) is 14.7 Å². The van der Waals surface area contributed by atoms with E-state index in [2.05, 4.69) is 15.5 Å². The maximum absolute atomic E-state index is 11.6. The Hall–Kier alpha value is -2.05.